The van der Waals surface area contributed by atoms with Crippen LogP contribution in [0.2, 0.25) is 0 Å². The molecule has 0 spiro atoms. The first-order valence-electron chi connectivity index (χ1n) is 7.58. The van der Waals surface area contributed by atoms with Crippen LogP contribution >= 0.6 is 0 Å². The average molecular weight is 324 g/mol. The third-order valence-electron chi connectivity index (χ3n) is 4.59. The topological polar surface area (TPSA) is 70.3 Å². The summed E-state index contributed by atoms with van der Waals surface area (Å²) in [7, 11) is 3.34. The van der Waals surface area contributed by atoms with Gasteiger partial charge in [-0.25, -0.2) is 9.59 Å². The molecule has 0 amide bonds. The van der Waals surface area contributed by atoms with Crippen molar-refractivity contribution in [2.45, 2.75) is 13.8 Å². The van der Waals surface area contributed by atoms with Gasteiger partial charge in [0.2, 0.25) is 0 Å². The van der Waals surface area contributed by atoms with Gasteiger partial charge in [-0.15, -0.1) is 0 Å². The summed E-state index contributed by atoms with van der Waals surface area (Å²) in [6, 6.07) is 7.59. The number of oxazole rings is 2. The first-order valence-corrected chi connectivity index (χ1v) is 7.58. The van der Waals surface area contributed by atoms with Crippen molar-refractivity contribution in [3.8, 4) is 11.1 Å². The summed E-state index contributed by atoms with van der Waals surface area (Å²) in [5.74, 6) is -0.840. The SMILES string of the molecule is Cc1ccc2c(oc(=O)n2C)c1-c1c(C)ccc2c1oc(=O)n2C. The molecule has 0 radical (unpaired) electrons. The Kier molecular flexibility index (Phi) is 2.87. The van der Waals surface area contributed by atoms with E-state index in [0.29, 0.717) is 22.2 Å². The second kappa shape index (κ2) is 4.74. The number of rotatable bonds is 1. The van der Waals surface area contributed by atoms with Crippen molar-refractivity contribution < 1.29 is 8.83 Å². The van der Waals surface area contributed by atoms with Crippen LogP contribution in [0.1, 0.15) is 11.1 Å². The lowest BCUT2D eigenvalue weighted by Crippen LogP contribution is -2.08. The molecule has 6 heteroatoms. The van der Waals surface area contributed by atoms with Crippen LogP contribution in [-0.4, -0.2) is 9.13 Å². The standard InChI is InChI=1S/C18H16N2O4/c1-9-5-7-11-15(23-17(21)19(11)3)13(9)14-10(2)6-8-12-16(14)24-18(22)20(12)4/h5-8H,1-4H3. The molecule has 0 saturated carbocycles. The Labute approximate surface area is 136 Å². The molecule has 6 nitrogen and oxygen atoms in total. The zero-order chi connectivity index (χ0) is 17.2. The van der Waals surface area contributed by atoms with Gasteiger partial charge in [0.15, 0.2) is 11.2 Å². The fraction of sp³-hybridized carbons (Fsp3) is 0.222. The van der Waals surface area contributed by atoms with Crippen LogP contribution in [-0.2, 0) is 14.1 Å². The lowest BCUT2D eigenvalue weighted by atomic mass is 9.94. The molecule has 122 valence electrons. The van der Waals surface area contributed by atoms with Crippen molar-refractivity contribution in [3.63, 3.8) is 0 Å². The van der Waals surface area contributed by atoms with E-state index in [4.69, 9.17) is 8.83 Å². The van der Waals surface area contributed by atoms with Crippen LogP contribution in [0.15, 0.2) is 42.7 Å². The molecule has 0 atom stereocenters. The quantitative estimate of drug-likeness (QED) is 0.540. The Morgan fingerprint density at radius 3 is 1.46 bits per heavy atom. The Morgan fingerprint density at radius 1 is 0.708 bits per heavy atom. The van der Waals surface area contributed by atoms with E-state index in [-0.39, 0.29) is 0 Å². The smallest absolute Gasteiger partial charge is 0.407 e. The van der Waals surface area contributed by atoms with Crippen molar-refractivity contribution in [1.29, 1.82) is 0 Å². The number of benzene rings is 2. The maximum Gasteiger partial charge on any atom is 0.419 e. The monoisotopic (exact) mass is 324 g/mol. The summed E-state index contributed by atoms with van der Waals surface area (Å²) in [6.07, 6.45) is 0. The zero-order valence-electron chi connectivity index (χ0n) is 13.8. The van der Waals surface area contributed by atoms with Gasteiger partial charge in [0.05, 0.1) is 11.0 Å². The summed E-state index contributed by atoms with van der Waals surface area (Å²) in [5.41, 5.74) is 5.86. The van der Waals surface area contributed by atoms with Crippen molar-refractivity contribution in [2.75, 3.05) is 0 Å². The fourth-order valence-electron chi connectivity index (χ4n) is 3.20. The molecule has 0 unspecified atom stereocenters. The van der Waals surface area contributed by atoms with Crippen LogP contribution in [0.25, 0.3) is 33.3 Å². The predicted octanol–water partition coefficient (Wildman–Crippen LogP) is 2.86. The van der Waals surface area contributed by atoms with E-state index < -0.39 is 11.5 Å². The summed E-state index contributed by atoms with van der Waals surface area (Å²) < 4.78 is 13.9. The van der Waals surface area contributed by atoms with Crippen LogP contribution in [0.5, 0.6) is 0 Å². The minimum Gasteiger partial charge on any atom is -0.407 e. The van der Waals surface area contributed by atoms with Crippen molar-refractivity contribution >= 4 is 22.2 Å². The molecule has 24 heavy (non-hydrogen) atoms. The van der Waals surface area contributed by atoms with Crippen LogP contribution in [0, 0.1) is 13.8 Å². The highest BCUT2D eigenvalue weighted by molar-refractivity contribution is 6.02. The molecule has 0 bridgehead atoms. The summed E-state index contributed by atoms with van der Waals surface area (Å²) in [6.45, 7) is 3.89. The second-order valence-corrected chi connectivity index (χ2v) is 6.07. The molecule has 0 aliphatic rings. The van der Waals surface area contributed by atoms with Gasteiger partial charge >= 0.3 is 11.5 Å². The van der Waals surface area contributed by atoms with E-state index in [9.17, 15) is 9.59 Å². The molecule has 0 aliphatic heterocycles. The minimum atomic E-state index is -0.420. The third-order valence-corrected chi connectivity index (χ3v) is 4.59. The van der Waals surface area contributed by atoms with Gasteiger partial charge < -0.3 is 8.83 Å². The number of hydrogen-bond donors (Lipinski definition) is 0. The molecule has 0 aliphatic carbocycles. The number of aryl methyl sites for hydroxylation is 4. The van der Waals surface area contributed by atoms with Gasteiger partial charge in [-0.2, -0.15) is 0 Å². The van der Waals surface area contributed by atoms with Crippen molar-refractivity contribution in [3.05, 3.63) is 56.5 Å². The highest BCUT2D eigenvalue weighted by atomic mass is 16.4. The maximum atomic E-state index is 12.0. The summed E-state index contributed by atoms with van der Waals surface area (Å²) in [4.78, 5) is 23.9. The lowest BCUT2D eigenvalue weighted by molar-refractivity contribution is 0.525. The van der Waals surface area contributed by atoms with Gasteiger partial charge in [-0.05, 0) is 37.1 Å². The number of aromatic nitrogens is 2. The molecule has 2 aromatic carbocycles. The fourth-order valence-corrected chi connectivity index (χ4v) is 3.20. The highest BCUT2D eigenvalue weighted by Gasteiger charge is 2.21. The molecule has 2 aromatic heterocycles. The van der Waals surface area contributed by atoms with E-state index in [1.807, 2.05) is 38.1 Å². The molecule has 0 N–H and O–H groups in total. The second-order valence-electron chi connectivity index (χ2n) is 6.07. The van der Waals surface area contributed by atoms with E-state index in [1.165, 1.54) is 9.13 Å². The third kappa shape index (κ3) is 1.76. The zero-order valence-corrected chi connectivity index (χ0v) is 13.8. The van der Waals surface area contributed by atoms with Gasteiger partial charge in [-0.1, -0.05) is 12.1 Å². The lowest BCUT2D eigenvalue weighted by Gasteiger charge is -2.10. The Balaban J connectivity index is 2.26. The Bertz CT molecular complexity index is 1140. The van der Waals surface area contributed by atoms with Crippen molar-refractivity contribution in [1.82, 2.24) is 9.13 Å². The summed E-state index contributed by atoms with van der Waals surface area (Å²) in [5, 5.41) is 0. The van der Waals surface area contributed by atoms with Gasteiger partial charge in [0.1, 0.15) is 0 Å². The molecule has 0 saturated heterocycles. The first kappa shape index (κ1) is 14.6. The van der Waals surface area contributed by atoms with E-state index in [0.717, 1.165) is 22.3 Å². The van der Waals surface area contributed by atoms with Crippen molar-refractivity contribution in [2.24, 2.45) is 14.1 Å². The number of fused-ring (bicyclic) bond motifs is 2. The number of nitrogens with zero attached hydrogens (tertiary/aromatic N) is 2. The minimum absolute atomic E-state index is 0.420. The predicted molar refractivity (Wildman–Crippen MR) is 91.4 cm³/mol. The Morgan fingerprint density at radius 2 is 1.08 bits per heavy atom. The van der Waals surface area contributed by atoms with Crippen LogP contribution in [0.4, 0.5) is 0 Å². The molecule has 2 heterocycles. The molecule has 0 fully saturated rings. The number of hydrogen-bond acceptors (Lipinski definition) is 4. The average Bonchev–Trinajstić information content (AvgIpc) is 2.98. The van der Waals surface area contributed by atoms with Gasteiger partial charge in [0.25, 0.3) is 0 Å². The molecule has 4 aromatic rings. The van der Waals surface area contributed by atoms with E-state index in [2.05, 4.69) is 0 Å². The van der Waals surface area contributed by atoms with Crippen LogP contribution < -0.4 is 11.5 Å². The summed E-state index contributed by atoms with van der Waals surface area (Å²) >= 11 is 0. The largest absolute Gasteiger partial charge is 0.419 e. The highest BCUT2D eigenvalue weighted by Crippen LogP contribution is 2.37. The normalized spacial score (nSPS) is 11.7. The van der Waals surface area contributed by atoms with E-state index >= 15 is 0 Å². The molecular formula is C18H16N2O4. The molecule has 4 rings (SSSR count). The van der Waals surface area contributed by atoms with Gasteiger partial charge in [-0.3, -0.25) is 9.13 Å². The van der Waals surface area contributed by atoms with Gasteiger partial charge in [0, 0.05) is 25.2 Å². The molecular weight excluding hydrogens is 308 g/mol. The van der Waals surface area contributed by atoms with Crippen LogP contribution in [0.3, 0.4) is 0 Å². The Hall–Kier alpha value is -3.02. The first-order chi connectivity index (χ1) is 11.4. The van der Waals surface area contributed by atoms with E-state index in [1.54, 1.807) is 14.1 Å². The maximum absolute atomic E-state index is 12.0.